The van der Waals surface area contributed by atoms with Crippen molar-refractivity contribution in [2.24, 2.45) is 0 Å². The number of halogens is 2. The van der Waals surface area contributed by atoms with Crippen molar-refractivity contribution >= 4 is 11.4 Å². The number of hydrogen-bond acceptors (Lipinski definition) is 3. The van der Waals surface area contributed by atoms with Gasteiger partial charge in [-0.25, -0.2) is 8.78 Å². The Morgan fingerprint density at radius 3 is 2.53 bits per heavy atom. The molecule has 0 heterocycles. The first-order valence-electron chi connectivity index (χ1n) is 5.71. The van der Waals surface area contributed by atoms with Crippen LogP contribution in [0.15, 0.2) is 36.4 Å². The van der Waals surface area contributed by atoms with Crippen LogP contribution in [-0.4, -0.2) is 7.11 Å². The highest BCUT2D eigenvalue weighted by Gasteiger charge is 2.04. The zero-order valence-electron chi connectivity index (χ0n) is 10.4. The van der Waals surface area contributed by atoms with Crippen molar-refractivity contribution in [2.45, 2.75) is 6.54 Å². The van der Waals surface area contributed by atoms with Gasteiger partial charge < -0.3 is 15.8 Å². The van der Waals surface area contributed by atoms with E-state index in [1.807, 2.05) is 0 Å². The molecule has 100 valence electrons. The summed E-state index contributed by atoms with van der Waals surface area (Å²) in [6.45, 7) is 0.379. The Morgan fingerprint density at radius 2 is 1.89 bits per heavy atom. The monoisotopic (exact) mass is 264 g/mol. The van der Waals surface area contributed by atoms with E-state index in [1.165, 1.54) is 25.3 Å². The minimum Gasteiger partial charge on any atom is -0.494 e. The second-order valence-electron chi connectivity index (χ2n) is 4.06. The summed E-state index contributed by atoms with van der Waals surface area (Å²) in [4.78, 5) is 0. The summed E-state index contributed by atoms with van der Waals surface area (Å²) in [6.07, 6.45) is 0. The topological polar surface area (TPSA) is 47.3 Å². The van der Waals surface area contributed by atoms with E-state index >= 15 is 0 Å². The highest BCUT2D eigenvalue weighted by molar-refractivity contribution is 5.52. The van der Waals surface area contributed by atoms with E-state index in [1.54, 1.807) is 18.2 Å². The summed E-state index contributed by atoms with van der Waals surface area (Å²) in [5.41, 5.74) is 6.80. The first-order chi connectivity index (χ1) is 9.10. The number of rotatable bonds is 4. The molecule has 0 aromatic heterocycles. The molecule has 0 aliphatic carbocycles. The Hall–Kier alpha value is -2.30. The predicted octanol–water partition coefficient (Wildman–Crippen LogP) is 3.17. The molecule has 0 amide bonds. The van der Waals surface area contributed by atoms with Crippen molar-refractivity contribution in [1.29, 1.82) is 0 Å². The molecule has 0 radical (unpaired) electrons. The lowest BCUT2D eigenvalue weighted by molar-refractivity contribution is 0.386. The number of methoxy groups -OCH3 is 1. The smallest absolute Gasteiger partial charge is 0.165 e. The van der Waals surface area contributed by atoms with Crippen molar-refractivity contribution < 1.29 is 13.5 Å². The minimum atomic E-state index is -0.481. The van der Waals surface area contributed by atoms with E-state index in [0.717, 1.165) is 5.56 Å². The van der Waals surface area contributed by atoms with E-state index in [9.17, 15) is 8.78 Å². The standard InChI is InChI=1S/C14H14F2N2O/c1-19-14-5-2-9(6-12(14)16)8-18-10-3-4-13(17)11(15)7-10/h2-7,18H,8,17H2,1H3. The maximum Gasteiger partial charge on any atom is 0.165 e. The number of nitrogen functional groups attached to an aromatic ring is 1. The zero-order chi connectivity index (χ0) is 13.8. The van der Waals surface area contributed by atoms with Gasteiger partial charge in [0.05, 0.1) is 12.8 Å². The first kappa shape index (κ1) is 13.1. The molecule has 0 fully saturated rings. The van der Waals surface area contributed by atoms with Gasteiger partial charge in [-0.1, -0.05) is 6.07 Å². The number of hydrogen-bond donors (Lipinski definition) is 2. The summed E-state index contributed by atoms with van der Waals surface area (Å²) in [6, 6.07) is 9.11. The average Bonchev–Trinajstić information content (AvgIpc) is 2.40. The van der Waals surface area contributed by atoms with Crippen LogP contribution in [0, 0.1) is 11.6 Å². The maximum atomic E-state index is 13.5. The number of benzene rings is 2. The van der Waals surface area contributed by atoms with Crippen LogP contribution in [-0.2, 0) is 6.54 Å². The van der Waals surface area contributed by atoms with Gasteiger partial charge >= 0.3 is 0 Å². The van der Waals surface area contributed by atoms with Crippen LogP contribution in [0.5, 0.6) is 5.75 Å². The quantitative estimate of drug-likeness (QED) is 0.834. The van der Waals surface area contributed by atoms with E-state index in [2.05, 4.69) is 5.32 Å². The molecule has 0 saturated heterocycles. The summed E-state index contributed by atoms with van der Waals surface area (Å²) in [7, 11) is 1.41. The fourth-order valence-corrected chi connectivity index (χ4v) is 1.66. The molecule has 2 aromatic carbocycles. The average molecular weight is 264 g/mol. The van der Waals surface area contributed by atoms with Gasteiger partial charge in [0.1, 0.15) is 5.82 Å². The van der Waals surface area contributed by atoms with Gasteiger partial charge in [-0.2, -0.15) is 0 Å². The largest absolute Gasteiger partial charge is 0.494 e. The van der Waals surface area contributed by atoms with Crippen molar-refractivity contribution in [3.05, 3.63) is 53.6 Å². The van der Waals surface area contributed by atoms with Crippen LogP contribution in [0.4, 0.5) is 20.2 Å². The molecule has 0 aliphatic heterocycles. The Morgan fingerprint density at radius 1 is 1.11 bits per heavy atom. The van der Waals surface area contributed by atoms with Gasteiger partial charge in [0, 0.05) is 12.2 Å². The van der Waals surface area contributed by atoms with E-state index in [0.29, 0.717) is 12.2 Å². The molecule has 5 heteroatoms. The Labute approximate surface area is 110 Å². The van der Waals surface area contributed by atoms with Crippen LogP contribution in [0.25, 0.3) is 0 Å². The zero-order valence-corrected chi connectivity index (χ0v) is 10.4. The van der Waals surface area contributed by atoms with Crippen LogP contribution < -0.4 is 15.8 Å². The molecule has 0 saturated carbocycles. The Kier molecular flexibility index (Phi) is 3.85. The molecular weight excluding hydrogens is 250 g/mol. The number of ether oxygens (including phenoxy) is 1. The molecule has 3 nitrogen and oxygen atoms in total. The molecule has 0 atom stereocenters. The van der Waals surface area contributed by atoms with Crippen molar-refractivity contribution in [3.63, 3.8) is 0 Å². The summed E-state index contributed by atoms with van der Waals surface area (Å²) in [5, 5.41) is 2.99. The van der Waals surface area contributed by atoms with Crippen molar-refractivity contribution in [3.8, 4) is 5.75 Å². The molecule has 0 unspecified atom stereocenters. The minimum absolute atomic E-state index is 0.0982. The third-order valence-corrected chi connectivity index (χ3v) is 2.71. The highest BCUT2D eigenvalue weighted by Crippen LogP contribution is 2.20. The van der Waals surface area contributed by atoms with Crippen LogP contribution in [0.2, 0.25) is 0 Å². The predicted molar refractivity (Wildman–Crippen MR) is 71.1 cm³/mol. The third-order valence-electron chi connectivity index (χ3n) is 2.71. The fourth-order valence-electron chi connectivity index (χ4n) is 1.66. The van der Waals surface area contributed by atoms with Gasteiger partial charge in [-0.05, 0) is 35.9 Å². The summed E-state index contributed by atoms with van der Waals surface area (Å²) < 4.78 is 31.5. The normalized spacial score (nSPS) is 10.3. The van der Waals surface area contributed by atoms with Crippen LogP contribution >= 0.6 is 0 Å². The molecule has 2 rings (SSSR count). The van der Waals surface area contributed by atoms with Gasteiger partial charge in [-0.15, -0.1) is 0 Å². The van der Waals surface area contributed by atoms with Crippen LogP contribution in [0.1, 0.15) is 5.56 Å². The SMILES string of the molecule is COc1ccc(CNc2ccc(N)c(F)c2)cc1F. The number of nitrogens with one attached hydrogen (secondary N) is 1. The lowest BCUT2D eigenvalue weighted by Gasteiger charge is -2.09. The van der Waals surface area contributed by atoms with Gasteiger partial charge in [0.15, 0.2) is 11.6 Å². The lowest BCUT2D eigenvalue weighted by Crippen LogP contribution is -2.01. The van der Waals surface area contributed by atoms with Gasteiger partial charge in [-0.3, -0.25) is 0 Å². The van der Waals surface area contributed by atoms with Crippen molar-refractivity contribution in [1.82, 2.24) is 0 Å². The maximum absolute atomic E-state index is 13.5. The Bertz CT molecular complexity index is 588. The number of nitrogens with two attached hydrogens (primary N) is 1. The summed E-state index contributed by atoms with van der Waals surface area (Å²) in [5.74, 6) is -0.710. The fraction of sp³-hybridized carbons (Fsp3) is 0.143. The molecule has 2 aromatic rings. The third kappa shape index (κ3) is 3.13. The molecule has 3 N–H and O–H groups in total. The first-order valence-corrected chi connectivity index (χ1v) is 5.71. The van der Waals surface area contributed by atoms with E-state index < -0.39 is 11.6 Å². The van der Waals surface area contributed by atoms with Crippen molar-refractivity contribution in [2.75, 3.05) is 18.2 Å². The molecule has 19 heavy (non-hydrogen) atoms. The summed E-state index contributed by atoms with van der Waals surface area (Å²) >= 11 is 0. The Balaban J connectivity index is 2.05. The molecule has 0 bridgehead atoms. The second kappa shape index (κ2) is 5.56. The lowest BCUT2D eigenvalue weighted by atomic mass is 10.2. The molecular formula is C14H14F2N2O. The molecule has 0 aliphatic rings. The molecule has 0 spiro atoms. The van der Waals surface area contributed by atoms with Gasteiger partial charge in [0.25, 0.3) is 0 Å². The van der Waals surface area contributed by atoms with E-state index in [4.69, 9.17) is 10.5 Å². The van der Waals surface area contributed by atoms with Gasteiger partial charge in [0.2, 0.25) is 0 Å². The van der Waals surface area contributed by atoms with E-state index in [-0.39, 0.29) is 11.4 Å². The second-order valence-corrected chi connectivity index (χ2v) is 4.06. The highest BCUT2D eigenvalue weighted by atomic mass is 19.1. The number of anilines is 2. The van der Waals surface area contributed by atoms with Crippen LogP contribution in [0.3, 0.4) is 0 Å².